The number of aryl methyl sites for hydroxylation is 1. The number of aromatic nitrogens is 6. The Bertz CT molecular complexity index is 1050. The quantitative estimate of drug-likeness (QED) is 0.427. The highest BCUT2D eigenvalue weighted by Gasteiger charge is 2.15. The monoisotopic (exact) mass is 424 g/mol. The number of imidazole rings is 1. The molecule has 0 saturated heterocycles. The summed E-state index contributed by atoms with van der Waals surface area (Å²) in [5.41, 5.74) is 2.97. The molecule has 3 aromatic heterocycles. The van der Waals surface area contributed by atoms with Gasteiger partial charge >= 0.3 is 0 Å². The molecule has 8 heteroatoms. The molecule has 0 radical (unpaired) electrons. The first-order valence-corrected chi connectivity index (χ1v) is 10.8. The number of nitrogens with one attached hydrogen (secondary N) is 1. The topological polar surface area (TPSA) is 72.3 Å². The van der Waals surface area contributed by atoms with E-state index >= 15 is 0 Å². The number of benzene rings is 1. The molecule has 148 valence electrons. The summed E-state index contributed by atoms with van der Waals surface area (Å²) in [6, 6.07) is 12.0. The SMILES string of the molecule is CCCCc1ncc(/C=C(\c2nn[nH]n2)c2cccs2)n1Cc1ccccc1Cl. The van der Waals surface area contributed by atoms with Crippen LogP contribution in [0.5, 0.6) is 0 Å². The number of unbranched alkanes of at least 4 members (excludes halogenated alkanes) is 1. The number of rotatable bonds is 8. The first-order chi connectivity index (χ1) is 14.3. The van der Waals surface area contributed by atoms with Gasteiger partial charge in [-0.2, -0.15) is 5.21 Å². The number of hydrogen-bond acceptors (Lipinski definition) is 5. The maximum Gasteiger partial charge on any atom is 0.206 e. The van der Waals surface area contributed by atoms with E-state index in [1.165, 1.54) is 0 Å². The lowest BCUT2D eigenvalue weighted by Crippen LogP contribution is -2.08. The highest BCUT2D eigenvalue weighted by molar-refractivity contribution is 7.11. The van der Waals surface area contributed by atoms with E-state index < -0.39 is 0 Å². The molecule has 1 aromatic carbocycles. The summed E-state index contributed by atoms with van der Waals surface area (Å²) in [7, 11) is 0. The van der Waals surface area contributed by atoms with Gasteiger partial charge in [-0.1, -0.05) is 49.2 Å². The second kappa shape index (κ2) is 9.15. The molecule has 3 heterocycles. The molecule has 0 unspecified atom stereocenters. The average molecular weight is 425 g/mol. The number of hydrogen-bond donors (Lipinski definition) is 1. The van der Waals surface area contributed by atoms with E-state index in [9.17, 15) is 0 Å². The van der Waals surface area contributed by atoms with Crippen LogP contribution in [0.1, 0.15) is 47.5 Å². The van der Waals surface area contributed by atoms with E-state index in [4.69, 9.17) is 16.6 Å². The maximum atomic E-state index is 6.44. The van der Waals surface area contributed by atoms with E-state index in [2.05, 4.69) is 50.3 Å². The largest absolute Gasteiger partial charge is 0.324 e. The van der Waals surface area contributed by atoms with Crippen LogP contribution in [0.3, 0.4) is 0 Å². The van der Waals surface area contributed by atoms with Crippen LogP contribution in [0.2, 0.25) is 5.02 Å². The van der Waals surface area contributed by atoms with Gasteiger partial charge in [0.05, 0.1) is 18.4 Å². The van der Waals surface area contributed by atoms with Crippen LogP contribution >= 0.6 is 22.9 Å². The van der Waals surface area contributed by atoms with Crippen molar-refractivity contribution in [2.24, 2.45) is 0 Å². The van der Waals surface area contributed by atoms with E-state index in [-0.39, 0.29) is 0 Å². The fourth-order valence-electron chi connectivity index (χ4n) is 3.16. The second-order valence-corrected chi connectivity index (χ2v) is 8.01. The molecule has 1 N–H and O–H groups in total. The van der Waals surface area contributed by atoms with Crippen LogP contribution in [0.4, 0.5) is 0 Å². The van der Waals surface area contributed by atoms with Gasteiger partial charge in [0, 0.05) is 21.9 Å². The summed E-state index contributed by atoms with van der Waals surface area (Å²) in [6.07, 6.45) is 7.12. The summed E-state index contributed by atoms with van der Waals surface area (Å²) < 4.78 is 2.23. The number of H-pyrrole nitrogens is 1. The van der Waals surface area contributed by atoms with Crippen LogP contribution in [0.25, 0.3) is 11.6 Å². The molecule has 6 nitrogen and oxygen atoms in total. The molecular formula is C21H21ClN6S. The molecule has 0 amide bonds. The minimum absolute atomic E-state index is 0.563. The van der Waals surface area contributed by atoms with Crippen molar-refractivity contribution < 1.29 is 0 Å². The van der Waals surface area contributed by atoms with Crippen molar-refractivity contribution >= 4 is 34.6 Å². The van der Waals surface area contributed by atoms with Crippen LogP contribution in [-0.2, 0) is 13.0 Å². The summed E-state index contributed by atoms with van der Waals surface area (Å²) in [5.74, 6) is 1.62. The minimum Gasteiger partial charge on any atom is -0.324 e. The van der Waals surface area contributed by atoms with Crippen LogP contribution in [0, 0.1) is 0 Å². The highest BCUT2D eigenvalue weighted by atomic mass is 35.5. The predicted octanol–water partition coefficient (Wildman–Crippen LogP) is 5.09. The predicted molar refractivity (Wildman–Crippen MR) is 117 cm³/mol. The molecule has 0 fully saturated rings. The molecule has 4 aromatic rings. The first kappa shape index (κ1) is 19.5. The summed E-state index contributed by atoms with van der Waals surface area (Å²) in [5, 5.41) is 17.5. The van der Waals surface area contributed by atoms with Crippen LogP contribution in [-0.4, -0.2) is 30.2 Å². The second-order valence-electron chi connectivity index (χ2n) is 6.65. The molecular weight excluding hydrogens is 404 g/mol. The zero-order valence-corrected chi connectivity index (χ0v) is 17.6. The van der Waals surface area contributed by atoms with Gasteiger partial charge in [0.15, 0.2) is 0 Å². The number of halogens is 1. The molecule has 0 spiro atoms. The third kappa shape index (κ3) is 4.46. The molecule has 4 rings (SSSR count). The minimum atomic E-state index is 0.563. The van der Waals surface area contributed by atoms with E-state index in [1.807, 2.05) is 35.8 Å². The maximum absolute atomic E-state index is 6.44. The zero-order chi connectivity index (χ0) is 20.1. The van der Waals surface area contributed by atoms with Gasteiger partial charge in [0.2, 0.25) is 5.82 Å². The zero-order valence-electron chi connectivity index (χ0n) is 16.0. The normalized spacial score (nSPS) is 11.9. The molecule has 0 aliphatic carbocycles. The number of tetrazole rings is 1. The van der Waals surface area contributed by atoms with Crippen molar-refractivity contribution in [1.82, 2.24) is 30.2 Å². The fourth-order valence-corrected chi connectivity index (χ4v) is 4.09. The van der Waals surface area contributed by atoms with Gasteiger partial charge in [-0.15, -0.1) is 21.5 Å². The Kier molecular flexibility index (Phi) is 6.17. The van der Waals surface area contributed by atoms with Gasteiger partial charge < -0.3 is 4.57 Å². The number of aromatic amines is 1. The molecule has 0 bridgehead atoms. The smallest absolute Gasteiger partial charge is 0.206 e. The number of thiophene rings is 1. The van der Waals surface area contributed by atoms with Crippen LogP contribution < -0.4 is 0 Å². The van der Waals surface area contributed by atoms with Crippen molar-refractivity contribution in [3.8, 4) is 0 Å². The molecule has 0 aliphatic heterocycles. The van der Waals surface area contributed by atoms with Crippen molar-refractivity contribution in [2.45, 2.75) is 32.7 Å². The highest BCUT2D eigenvalue weighted by Crippen LogP contribution is 2.28. The van der Waals surface area contributed by atoms with Crippen molar-refractivity contribution in [1.29, 1.82) is 0 Å². The molecule has 0 aliphatic rings. The Morgan fingerprint density at radius 2 is 2.14 bits per heavy atom. The molecule has 29 heavy (non-hydrogen) atoms. The Labute approximate surface area is 178 Å². The lowest BCUT2D eigenvalue weighted by atomic mass is 10.1. The Morgan fingerprint density at radius 1 is 1.24 bits per heavy atom. The van der Waals surface area contributed by atoms with Gasteiger partial charge in [0.25, 0.3) is 0 Å². The van der Waals surface area contributed by atoms with Crippen molar-refractivity contribution in [3.63, 3.8) is 0 Å². The van der Waals surface area contributed by atoms with Gasteiger partial charge in [0.1, 0.15) is 5.82 Å². The Morgan fingerprint density at radius 3 is 2.86 bits per heavy atom. The van der Waals surface area contributed by atoms with Gasteiger partial charge in [-0.05, 0) is 40.8 Å². The van der Waals surface area contributed by atoms with Gasteiger partial charge in [-0.3, -0.25) is 0 Å². The Balaban J connectivity index is 1.79. The van der Waals surface area contributed by atoms with Crippen molar-refractivity contribution in [3.05, 3.63) is 80.8 Å². The summed E-state index contributed by atoms with van der Waals surface area (Å²) >= 11 is 8.08. The third-order valence-corrected chi connectivity index (χ3v) is 5.95. The molecule has 0 atom stereocenters. The van der Waals surface area contributed by atoms with Crippen molar-refractivity contribution in [2.75, 3.05) is 0 Å². The average Bonchev–Trinajstić information content (AvgIpc) is 3.49. The number of nitrogens with zero attached hydrogens (tertiary/aromatic N) is 5. The lowest BCUT2D eigenvalue weighted by molar-refractivity contribution is 0.675. The standard InChI is InChI=1S/C21H21ClN6S/c1-2-3-10-20-23-13-16(28(20)14-15-7-4-5-8-18(15)22)12-17(19-9-6-11-29-19)21-24-26-27-25-21/h4-9,11-13H,2-3,10,14H2,1H3,(H,24,25,26,27)/b17-12-. The fraction of sp³-hybridized carbons (Fsp3) is 0.238. The lowest BCUT2D eigenvalue weighted by Gasteiger charge is -2.12. The summed E-state index contributed by atoms with van der Waals surface area (Å²) in [4.78, 5) is 5.79. The van der Waals surface area contributed by atoms with E-state index in [0.717, 1.165) is 51.8 Å². The summed E-state index contributed by atoms with van der Waals surface area (Å²) in [6.45, 7) is 2.85. The van der Waals surface area contributed by atoms with Gasteiger partial charge in [-0.25, -0.2) is 4.98 Å². The van der Waals surface area contributed by atoms with Crippen LogP contribution in [0.15, 0.2) is 48.0 Å². The first-order valence-electron chi connectivity index (χ1n) is 9.53. The molecule has 0 saturated carbocycles. The third-order valence-electron chi connectivity index (χ3n) is 4.67. The van der Waals surface area contributed by atoms with E-state index in [1.54, 1.807) is 11.3 Å². The Hall–Kier alpha value is -2.77. The van der Waals surface area contributed by atoms with E-state index in [0.29, 0.717) is 12.4 Å².